The Morgan fingerprint density at radius 2 is 2.05 bits per heavy atom. The third-order valence-corrected chi connectivity index (χ3v) is 3.28. The van der Waals surface area contributed by atoms with E-state index in [9.17, 15) is 0 Å². The smallest absolute Gasteiger partial charge is 0.170 e. The van der Waals surface area contributed by atoms with Crippen molar-refractivity contribution in [2.24, 2.45) is 10.9 Å². The summed E-state index contributed by atoms with van der Waals surface area (Å²) in [6.45, 7) is 3.11. The van der Waals surface area contributed by atoms with Crippen LogP contribution in [0, 0.1) is 0 Å². The molecule has 0 atom stereocenters. The van der Waals surface area contributed by atoms with Gasteiger partial charge in [0, 0.05) is 31.4 Å². The molecule has 1 saturated heterocycles. The van der Waals surface area contributed by atoms with E-state index in [4.69, 9.17) is 20.4 Å². The SMILES string of the molecule is NC(=NO)c1ccc(OCCNC2CCOCC2)cc1. The zero-order valence-electron chi connectivity index (χ0n) is 11.4. The maximum absolute atomic E-state index is 8.57. The molecule has 2 rings (SSSR count). The molecule has 0 aromatic heterocycles. The Balaban J connectivity index is 1.68. The van der Waals surface area contributed by atoms with Gasteiger partial charge < -0.3 is 25.7 Å². The summed E-state index contributed by atoms with van der Waals surface area (Å²) in [4.78, 5) is 0. The summed E-state index contributed by atoms with van der Waals surface area (Å²) in [7, 11) is 0. The molecule has 0 spiro atoms. The first kappa shape index (κ1) is 14.6. The summed E-state index contributed by atoms with van der Waals surface area (Å²) in [6, 6.07) is 7.67. The van der Waals surface area contributed by atoms with Crippen LogP contribution in [-0.4, -0.2) is 43.5 Å². The lowest BCUT2D eigenvalue weighted by Crippen LogP contribution is -2.37. The molecule has 0 aliphatic carbocycles. The summed E-state index contributed by atoms with van der Waals surface area (Å²) in [5.41, 5.74) is 6.15. The Bertz CT molecular complexity index is 428. The van der Waals surface area contributed by atoms with E-state index in [-0.39, 0.29) is 5.84 Å². The zero-order chi connectivity index (χ0) is 14.2. The van der Waals surface area contributed by atoms with Crippen LogP contribution >= 0.6 is 0 Å². The molecule has 1 fully saturated rings. The van der Waals surface area contributed by atoms with Crippen molar-refractivity contribution >= 4 is 5.84 Å². The molecule has 0 radical (unpaired) electrons. The van der Waals surface area contributed by atoms with Gasteiger partial charge >= 0.3 is 0 Å². The molecule has 1 heterocycles. The van der Waals surface area contributed by atoms with Crippen molar-refractivity contribution in [3.63, 3.8) is 0 Å². The van der Waals surface area contributed by atoms with E-state index in [1.165, 1.54) is 0 Å². The summed E-state index contributed by atoms with van der Waals surface area (Å²) < 4.78 is 10.9. The van der Waals surface area contributed by atoms with E-state index < -0.39 is 0 Å². The van der Waals surface area contributed by atoms with Crippen LogP contribution in [0.25, 0.3) is 0 Å². The summed E-state index contributed by atoms with van der Waals surface area (Å²) in [6.07, 6.45) is 2.13. The van der Waals surface area contributed by atoms with E-state index in [1.54, 1.807) is 12.1 Å². The molecule has 6 nitrogen and oxygen atoms in total. The van der Waals surface area contributed by atoms with Crippen molar-refractivity contribution in [1.29, 1.82) is 0 Å². The van der Waals surface area contributed by atoms with Crippen LogP contribution in [0.4, 0.5) is 0 Å². The average Bonchev–Trinajstić information content (AvgIpc) is 2.52. The standard InChI is InChI=1S/C14H21N3O3/c15-14(17-18)11-1-3-13(4-2-11)20-10-7-16-12-5-8-19-9-6-12/h1-4,12,16,18H,5-10H2,(H2,15,17). The van der Waals surface area contributed by atoms with Crippen LogP contribution in [0.3, 0.4) is 0 Å². The van der Waals surface area contributed by atoms with Crippen LogP contribution in [0.1, 0.15) is 18.4 Å². The highest BCUT2D eigenvalue weighted by atomic mass is 16.5. The van der Waals surface area contributed by atoms with Gasteiger partial charge in [-0.2, -0.15) is 0 Å². The van der Waals surface area contributed by atoms with Crippen LogP contribution in [0.2, 0.25) is 0 Å². The summed E-state index contributed by atoms with van der Waals surface area (Å²) in [5, 5.41) is 15.0. The van der Waals surface area contributed by atoms with Gasteiger partial charge in [-0.3, -0.25) is 0 Å². The van der Waals surface area contributed by atoms with Crippen molar-refractivity contribution < 1.29 is 14.7 Å². The Morgan fingerprint density at radius 3 is 2.70 bits per heavy atom. The van der Waals surface area contributed by atoms with E-state index in [0.29, 0.717) is 18.2 Å². The number of hydrogen-bond donors (Lipinski definition) is 3. The van der Waals surface area contributed by atoms with Gasteiger partial charge in [-0.25, -0.2) is 0 Å². The van der Waals surface area contributed by atoms with Crippen LogP contribution in [0.15, 0.2) is 29.4 Å². The third-order valence-electron chi connectivity index (χ3n) is 3.28. The molecular formula is C14H21N3O3. The fourth-order valence-corrected chi connectivity index (χ4v) is 2.11. The number of hydrogen-bond acceptors (Lipinski definition) is 5. The minimum absolute atomic E-state index is 0.0951. The van der Waals surface area contributed by atoms with Gasteiger partial charge in [-0.1, -0.05) is 5.16 Å². The molecule has 1 aliphatic heterocycles. The normalized spacial score (nSPS) is 17.1. The monoisotopic (exact) mass is 279 g/mol. The van der Waals surface area contributed by atoms with Gasteiger partial charge in [0.1, 0.15) is 12.4 Å². The Hall–Kier alpha value is -1.79. The predicted molar refractivity (Wildman–Crippen MR) is 76.3 cm³/mol. The van der Waals surface area contributed by atoms with Crippen molar-refractivity contribution in [1.82, 2.24) is 5.32 Å². The van der Waals surface area contributed by atoms with Crippen LogP contribution in [0.5, 0.6) is 5.75 Å². The molecule has 1 aromatic carbocycles. The number of rotatable bonds is 6. The molecule has 6 heteroatoms. The third kappa shape index (κ3) is 4.40. The molecule has 0 unspecified atom stereocenters. The quantitative estimate of drug-likeness (QED) is 0.237. The first-order valence-electron chi connectivity index (χ1n) is 6.81. The largest absolute Gasteiger partial charge is 0.492 e. The lowest BCUT2D eigenvalue weighted by molar-refractivity contribution is 0.0770. The molecule has 110 valence electrons. The molecule has 20 heavy (non-hydrogen) atoms. The molecular weight excluding hydrogens is 258 g/mol. The van der Waals surface area contributed by atoms with Gasteiger partial charge in [0.05, 0.1) is 0 Å². The lowest BCUT2D eigenvalue weighted by atomic mass is 10.1. The van der Waals surface area contributed by atoms with Crippen molar-refractivity contribution in [2.75, 3.05) is 26.4 Å². The molecule has 0 amide bonds. The van der Waals surface area contributed by atoms with Crippen LogP contribution in [-0.2, 0) is 4.74 Å². The fourth-order valence-electron chi connectivity index (χ4n) is 2.11. The molecule has 0 bridgehead atoms. The Labute approximate surface area is 118 Å². The minimum atomic E-state index is 0.0951. The number of benzene rings is 1. The molecule has 4 N–H and O–H groups in total. The molecule has 1 aliphatic rings. The van der Waals surface area contributed by atoms with Gasteiger partial charge in [0.2, 0.25) is 0 Å². The number of nitrogens with two attached hydrogens (primary N) is 1. The molecule has 1 aromatic rings. The second kappa shape index (κ2) is 7.72. The summed E-state index contributed by atoms with van der Waals surface area (Å²) >= 11 is 0. The first-order valence-corrected chi connectivity index (χ1v) is 6.81. The van der Waals surface area contributed by atoms with Crippen LogP contribution < -0.4 is 15.8 Å². The van der Waals surface area contributed by atoms with Crippen molar-refractivity contribution in [2.45, 2.75) is 18.9 Å². The Kier molecular flexibility index (Phi) is 5.64. The highest BCUT2D eigenvalue weighted by molar-refractivity contribution is 5.97. The second-order valence-electron chi connectivity index (χ2n) is 4.70. The van der Waals surface area contributed by atoms with E-state index in [2.05, 4.69) is 10.5 Å². The number of ether oxygens (including phenoxy) is 2. The fraction of sp³-hybridized carbons (Fsp3) is 0.500. The number of nitrogens with one attached hydrogen (secondary N) is 1. The van der Waals surface area contributed by atoms with Gasteiger partial charge in [0.15, 0.2) is 5.84 Å². The highest BCUT2D eigenvalue weighted by Crippen LogP contribution is 2.12. The zero-order valence-corrected chi connectivity index (χ0v) is 11.4. The minimum Gasteiger partial charge on any atom is -0.492 e. The summed E-state index contributed by atoms with van der Waals surface area (Å²) in [5.74, 6) is 0.867. The highest BCUT2D eigenvalue weighted by Gasteiger charge is 2.12. The second-order valence-corrected chi connectivity index (χ2v) is 4.70. The Morgan fingerprint density at radius 1 is 1.35 bits per heavy atom. The lowest BCUT2D eigenvalue weighted by Gasteiger charge is -2.23. The van der Waals surface area contributed by atoms with Crippen molar-refractivity contribution in [3.05, 3.63) is 29.8 Å². The maximum Gasteiger partial charge on any atom is 0.170 e. The van der Waals surface area contributed by atoms with Crippen molar-refractivity contribution in [3.8, 4) is 5.75 Å². The predicted octanol–water partition coefficient (Wildman–Crippen LogP) is 0.928. The van der Waals surface area contributed by atoms with E-state index in [0.717, 1.165) is 38.3 Å². The number of nitrogens with zero attached hydrogens (tertiary/aromatic N) is 1. The number of amidine groups is 1. The number of oxime groups is 1. The van der Waals surface area contributed by atoms with E-state index >= 15 is 0 Å². The van der Waals surface area contributed by atoms with Gasteiger partial charge in [-0.05, 0) is 37.1 Å². The first-order chi connectivity index (χ1) is 9.79. The van der Waals surface area contributed by atoms with Gasteiger partial charge in [0.25, 0.3) is 0 Å². The maximum atomic E-state index is 8.57. The van der Waals surface area contributed by atoms with E-state index in [1.807, 2.05) is 12.1 Å². The van der Waals surface area contributed by atoms with Gasteiger partial charge in [-0.15, -0.1) is 0 Å². The topological polar surface area (TPSA) is 89.1 Å². The average molecular weight is 279 g/mol. The molecule has 0 saturated carbocycles.